The van der Waals surface area contributed by atoms with Gasteiger partial charge < -0.3 is 9.64 Å². The van der Waals surface area contributed by atoms with E-state index in [0.29, 0.717) is 25.7 Å². The summed E-state index contributed by atoms with van der Waals surface area (Å²) in [5, 5.41) is 9.55. The highest BCUT2D eigenvalue weighted by Gasteiger charge is 2.48. The Hall–Kier alpha value is -2.43. The van der Waals surface area contributed by atoms with E-state index in [-0.39, 0.29) is 23.7 Å². The van der Waals surface area contributed by atoms with Crippen molar-refractivity contribution in [3.05, 3.63) is 0 Å². The van der Waals surface area contributed by atoms with Crippen LogP contribution in [-0.4, -0.2) is 59.2 Å². The minimum atomic E-state index is -0.849. The number of carbonyl (C=O) groups is 4. The Morgan fingerprint density at radius 3 is 2.21 bits per heavy atom. The van der Waals surface area contributed by atoms with Crippen LogP contribution < -0.4 is 0 Å². The van der Waals surface area contributed by atoms with E-state index in [2.05, 4.69) is 6.07 Å². The van der Waals surface area contributed by atoms with Gasteiger partial charge in [0.1, 0.15) is 12.1 Å². The molecule has 0 spiro atoms. The third-order valence-electron chi connectivity index (χ3n) is 6.48. The van der Waals surface area contributed by atoms with E-state index in [1.165, 1.54) is 4.90 Å². The molecular formula is C20H27N3O5. The largest absolute Gasteiger partial charge is 0.454 e. The van der Waals surface area contributed by atoms with Crippen LogP contribution in [0.1, 0.15) is 57.8 Å². The Bertz CT molecular complexity index is 683. The molecule has 3 amide bonds. The lowest BCUT2D eigenvalue weighted by atomic mass is 9.81. The van der Waals surface area contributed by atoms with Crippen LogP contribution in [0.25, 0.3) is 0 Å². The van der Waals surface area contributed by atoms with Crippen molar-refractivity contribution >= 4 is 23.7 Å². The molecule has 0 N–H and O–H groups in total. The second-order valence-corrected chi connectivity index (χ2v) is 8.08. The molecule has 0 unspecified atom stereocenters. The highest BCUT2D eigenvalue weighted by Crippen LogP contribution is 2.38. The normalized spacial score (nSPS) is 26.4. The van der Waals surface area contributed by atoms with Crippen molar-refractivity contribution < 1.29 is 23.9 Å². The summed E-state index contributed by atoms with van der Waals surface area (Å²) < 4.78 is 5.03. The van der Waals surface area contributed by atoms with Crippen LogP contribution in [0.5, 0.6) is 0 Å². The topological polar surface area (TPSA) is 108 Å². The number of ether oxygens (including phenoxy) is 1. The summed E-state index contributed by atoms with van der Waals surface area (Å²) in [6.45, 7) is -0.951. The predicted octanol–water partition coefficient (Wildman–Crippen LogP) is 1.39. The maximum absolute atomic E-state index is 12.4. The molecular weight excluding hydrogens is 362 g/mol. The highest BCUT2D eigenvalue weighted by molar-refractivity contribution is 6.07. The second kappa shape index (κ2) is 8.29. The van der Waals surface area contributed by atoms with E-state index in [0.717, 1.165) is 37.0 Å². The van der Waals surface area contributed by atoms with Gasteiger partial charge in [-0.15, -0.1) is 0 Å². The van der Waals surface area contributed by atoms with Crippen LogP contribution in [0.2, 0.25) is 0 Å². The Labute approximate surface area is 164 Å². The van der Waals surface area contributed by atoms with Crippen LogP contribution in [0, 0.1) is 23.2 Å². The smallest absolute Gasteiger partial charge is 0.326 e. The van der Waals surface area contributed by atoms with E-state index in [4.69, 9.17) is 4.74 Å². The van der Waals surface area contributed by atoms with E-state index in [9.17, 15) is 24.4 Å². The standard InChI is InChI=1S/C20H27N3O5/c1-22(20(13-21)9-5-2-6-10-20)16(24)12-28-17(25)11-23-18(26)14-7-3-4-8-15(14)19(23)27/h14-15H,2-12H2,1H3/t14-,15-/m1/s1. The number of likely N-dealkylation sites (N-methyl/N-ethyl adjacent to an activating group) is 1. The number of amides is 3. The number of esters is 1. The third-order valence-corrected chi connectivity index (χ3v) is 6.48. The van der Waals surface area contributed by atoms with Crippen molar-refractivity contribution in [2.45, 2.75) is 63.3 Å². The van der Waals surface area contributed by atoms with Gasteiger partial charge in [-0.3, -0.25) is 24.1 Å². The molecule has 2 aliphatic carbocycles. The maximum Gasteiger partial charge on any atom is 0.326 e. The minimum absolute atomic E-state index is 0.305. The SMILES string of the molecule is CN(C(=O)COC(=O)CN1C(=O)[C@@H]2CCCC[C@H]2C1=O)C1(C#N)CCCCC1. The molecule has 0 aromatic heterocycles. The number of likely N-dealkylation sites (tertiary alicyclic amines) is 1. The number of hydrogen-bond donors (Lipinski definition) is 0. The number of rotatable bonds is 5. The molecule has 28 heavy (non-hydrogen) atoms. The summed E-state index contributed by atoms with van der Waals surface area (Å²) >= 11 is 0. The van der Waals surface area contributed by atoms with Crippen LogP contribution in [0.3, 0.4) is 0 Å². The number of nitrogens with zero attached hydrogens (tertiary/aromatic N) is 3. The van der Waals surface area contributed by atoms with Crippen molar-refractivity contribution in [2.75, 3.05) is 20.2 Å². The predicted molar refractivity (Wildman–Crippen MR) is 97.3 cm³/mol. The van der Waals surface area contributed by atoms with Crippen molar-refractivity contribution in [3.8, 4) is 6.07 Å². The first-order valence-corrected chi connectivity index (χ1v) is 10.1. The Morgan fingerprint density at radius 2 is 1.68 bits per heavy atom. The first kappa shape index (κ1) is 20.3. The van der Waals surface area contributed by atoms with Crippen LogP contribution in [-0.2, 0) is 23.9 Å². The molecule has 3 aliphatic rings. The van der Waals surface area contributed by atoms with Crippen LogP contribution in [0.4, 0.5) is 0 Å². The van der Waals surface area contributed by atoms with E-state index in [1.54, 1.807) is 7.05 Å². The Morgan fingerprint density at radius 1 is 1.11 bits per heavy atom. The third kappa shape index (κ3) is 3.75. The monoisotopic (exact) mass is 389 g/mol. The van der Waals surface area contributed by atoms with E-state index >= 15 is 0 Å². The summed E-state index contributed by atoms with van der Waals surface area (Å²) in [5.41, 5.74) is -0.849. The molecule has 0 radical (unpaired) electrons. The fourth-order valence-corrected chi connectivity index (χ4v) is 4.70. The van der Waals surface area contributed by atoms with Gasteiger partial charge in [0, 0.05) is 7.05 Å². The molecule has 1 saturated heterocycles. The molecule has 0 aromatic rings. The van der Waals surface area contributed by atoms with Crippen LogP contribution >= 0.6 is 0 Å². The fraction of sp³-hybridized carbons (Fsp3) is 0.750. The minimum Gasteiger partial charge on any atom is -0.454 e. The molecule has 0 bridgehead atoms. The number of fused-ring (bicyclic) bond motifs is 1. The summed E-state index contributed by atoms with van der Waals surface area (Å²) in [5.74, 6) is -2.48. The molecule has 0 aromatic carbocycles. The molecule has 1 aliphatic heterocycles. The average Bonchev–Trinajstić information content (AvgIpc) is 2.97. The molecule has 1 heterocycles. The first-order chi connectivity index (χ1) is 13.4. The van der Waals surface area contributed by atoms with Crippen molar-refractivity contribution in [1.29, 1.82) is 5.26 Å². The quantitative estimate of drug-likeness (QED) is 0.519. The van der Waals surface area contributed by atoms with Gasteiger partial charge in [0.2, 0.25) is 11.8 Å². The first-order valence-electron chi connectivity index (χ1n) is 10.1. The van der Waals surface area contributed by atoms with E-state index in [1.807, 2.05) is 0 Å². The molecule has 3 rings (SSSR count). The summed E-state index contributed by atoms with van der Waals surface area (Å²) in [7, 11) is 1.56. The Kier molecular flexibility index (Phi) is 6.01. The number of carbonyl (C=O) groups excluding carboxylic acids is 4. The van der Waals surface area contributed by atoms with Gasteiger partial charge in [-0.2, -0.15) is 5.26 Å². The van der Waals surface area contributed by atoms with Crippen molar-refractivity contribution in [3.63, 3.8) is 0 Å². The molecule has 8 heteroatoms. The zero-order valence-corrected chi connectivity index (χ0v) is 16.3. The zero-order valence-electron chi connectivity index (χ0n) is 16.3. The lowest BCUT2D eigenvalue weighted by Gasteiger charge is -2.38. The van der Waals surface area contributed by atoms with Gasteiger partial charge in [0.05, 0.1) is 17.9 Å². The lowest BCUT2D eigenvalue weighted by molar-refractivity contribution is -0.157. The highest BCUT2D eigenvalue weighted by atomic mass is 16.5. The van der Waals surface area contributed by atoms with Crippen molar-refractivity contribution in [2.24, 2.45) is 11.8 Å². The van der Waals surface area contributed by atoms with Crippen molar-refractivity contribution in [1.82, 2.24) is 9.80 Å². The summed E-state index contributed by atoms with van der Waals surface area (Å²) in [6.07, 6.45) is 7.22. The Balaban J connectivity index is 1.53. The molecule has 152 valence electrons. The van der Waals surface area contributed by atoms with Gasteiger partial charge in [-0.25, -0.2) is 0 Å². The summed E-state index contributed by atoms with van der Waals surface area (Å²) in [6, 6.07) is 2.25. The molecule has 3 fully saturated rings. The van der Waals surface area contributed by atoms with E-state index < -0.39 is 30.6 Å². The lowest BCUT2D eigenvalue weighted by Crippen LogP contribution is -2.51. The molecule has 8 nitrogen and oxygen atoms in total. The second-order valence-electron chi connectivity index (χ2n) is 8.08. The number of hydrogen-bond acceptors (Lipinski definition) is 6. The van der Waals surface area contributed by atoms with Crippen LogP contribution in [0.15, 0.2) is 0 Å². The van der Waals surface area contributed by atoms with Gasteiger partial charge in [-0.1, -0.05) is 32.1 Å². The summed E-state index contributed by atoms with van der Waals surface area (Å²) in [4.78, 5) is 51.7. The molecule has 2 saturated carbocycles. The van der Waals surface area contributed by atoms with Gasteiger partial charge in [0.25, 0.3) is 5.91 Å². The number of imide groups is 1. The molecule has 2 atom stereocenters. The van der Waals surface area contributed by atoms with Gasteiger partial charge in [0.15, 0.2) is 6.61 Å². The van der Waals surface area contributed by atoms with Gasteiger partial charge >= 0.3 is 5.97 Å². The number of nitriles is 1. The maximum atomic E-state index is 12.4. The van der Waals surface area contributed by atoms with Gasteiger partial charge in [-0.05, 0) is 25.7 Å². The average molecular weight is 389 g/mol. The zero-order chi connectivity index (χ0) is 20.3. The fourth-order valence-electron chi connectivity index (χ4n) is 4.70.